The van der Waals surface area contributed by atoms with Crippen LogP contribution in [-0.2, 0) is 0 Å². The van der Waals surface area contributed by atoms with E-state index >= 15 is 0 Å². The van der Waals surface area contributed by atoms with Gasteiger partial charge in [-0.05, 0) is 50.4 Å². The number of nitriles is 1. The van der Waals surface area contributed by atoms with Gasteiger partial charge in [0.1, 0.15) is 11.4 Å². The molecule has 1 aliphatic heterocycles. The molecule has 1 aromatic heterocycles. The number of hydrogen-bond acceptors (Lipinski definition) is 7. The minimum absolute atomic E-state index is 0.136. The van der Waals surface area contributed by atoms with Crippen LogP contribution in [0.2, 0.25) is 0 Å². The van der Waals surface area contributed by atoms with Gasteiger partial charge in [-0.25, -0.2) is 9.97 Å². The summed E-state index contributed by atoms with van der Waals surface area (Å²) in [4.78, 5) is 24.2. The summed E-state index contributed by atoms with van der Waals surface area (Å²) in [6, 6.07) is 14.0. The number of carbonyl (C=O) groups is 1. The van der Waals surface area contributed by atoms with Crippen LogP contribution in [0.25, 0.3) is 22.2 Å². The fourth-order valence-electron chi connectivity index (χ4n) is 4.33. The van der Waals surface area contributed by atoms with Gasteiger partial charge in [0.15, 0.2) is 5.82 Å². The van der Waals surface area contributed by atoms with Gasteiger partial charge in [0, 0.05) is 47.9 Å². The van der Waals surface area contributed by atoms with E-state index in [9.17, 15) is 4.79 Å². The summed E-state index contributed by atoms with van der Waals surface area (Å²) in [6.45, 7) is 7.18. The lowest BCUT2D eigenvalue weighted by Crippen LogP contribution is -2.47. The highest BCUT2D eigenvalue weighted by Gasteiger charge is 2.24. The molecular formula is C27H30N6O2. The minimum atomic E-state index is -0.185. The number of hydrogen-bond donors (Lipinski definition) is 2. The standard InChI is InChI=1S/C27H30N6O2/c1-17(15-28)16-30-25-22-14-20(6-5-19(22)7-8-24(25)35-4)26-29-11-9-23(32-26)27(34)31-21-10-12-33(3)18(2)13-21/h5-9,11,14,18,21,30H,1,10,12-13,16H2,2-4H3,(H,31,34)/t18-,21+/m0/s1. The molecule has 1 amide bonds. The lowest BCUT2D eigenvalue weighted by Gasteiger charge is -2.35. The smallest absolute Gasteiger partial charge is 0.270 e. The Morgan fingerprint density at radius 2 is 2.11 bits per heavy atom. The van der Waals surface area contributed by atoms with Crippen molar-refractivity contribution in [2.24, 2.45) is 0 Å². The van der Waals surface area contributed by atoms with Crippen molar-refractivity contribution in [1.82, 2.24) is 20.2 Å². The van der Waals surface area contributed by atoms with Crippen LogP contribution in [0.4, 0.5) is 5.69 Å². The molecular weight excluding hydrogens is 440 g/mol. The van der Waals surface area contributed by atoms with Crippen LogP contribution in [0.3, 0.4) is 0 Å². The SMILES string of the molecule is C=C(C#N)CNc1c(OC)ccc2ccc(-c3nccc(C(=O)N[C@@H]4CCN(C)[C@@H](C)C4)n3)cc12. The second kappa shape index (κ2) is 10.5. The van der Waals surface area contributed by atoms with Gasteiger partial charge in [-0.15, -0.1) is 0 Å². The second-order valence-electron chi connectivity index (χ2n) is 8.94. The summed E-state index contributed by atoms with van der Waals surface area (Å²) in [5, 5.41) is 17.4. The van der Waals surface area contributed by atoms with Crippen LogP contribution < -0.4 is 15.4 Å². The molecule has 2 aromatic carbocycles. The monoisotopic (exact) mass is 470 g/mol. The van der Waals surface area contributed by atoms with Crippen molar-refractivity contribution in [2.75, 3.05) is 32.6 Å². The predicted octanol–water partition coefficient (Wildman–Crippen LogP) is 4.01. The third-order valence-electron chi connectivity index (χ3n) is 6.53. The summed E-state index contributed by atoms with van der Waals surface area (Å²) >= 11 is 0. The normalized spacial score (nSPS) is 18.0. The number of benzene rings is 2. The van der Waals surface area contributed by atoms with E-state index < -0.39 is 0 Å². The molecule has 0 radical (unpaired) electrons. The molecule has 8 heteroatoms. The average Bonchev–Trinajstić information content (AvgIpc) is 2.88. The molecule has 0 bridgehead atoms. The molecule has 0 saturated carbocycles. The molecule has 0 spiro atoms. The number of piperidine rings is 1. The van der Waals surface area contributed by atoms with Crippen LogP contribution in [0, 0.1) is 11.3 Å². The molecule has 8 nitrogen and oxygen atoms in total. The molecule has 1 saturated heterocycles. The van der Waals surface area contributed by atoms with Crippen LogP contribution in [-0.4, -0.2) is 60.1 Å². The van der Waals surface area contributed by atoms with Crippen molar-refractivity contribution >= 4 is 22.4 Å². The maximum Gasteiger partial charge on any atom is 0.270 e. The number of rotatable bonds is 7. The topological polar surface area (TPSA) is 103 Å². The number of fused-ring (bicyclic) bond motifs is 1. The van der Waals surface area contributed by atoms with Gasteiger partial charge < -0.3 is 20.3 Å². The Labute approximate surface area is 205 Å². The highest BCUT2D eigenvalue weighted by molar-refractivity contribution is 5.99. The van der Waals surface area contributed by atoms with Crippen molar-refractivity contribution in [2.45, 2.75) is 31.8 Å². The molecule has 35 heavy (non-hydrogen) atoms. The Bertz CT molecular complexity index is 1300. The highest BCUT2D eigenvalue weighted by atomic mass is 16.5. The van der Waals surface area contributed by atoms with E-state index in [2.05, 4.69) is 52.1 Å². The zero-order chi connectivity index (χ0) is 24.9. The van der Waals surface area contributed by atoms with Gasteiger partial charge in [0.05, 0.1) is 18.9 Å². The van der Waals surface area contributed by atoms with Crippen LogP contribution in [0.1, 0.15) is 30.3 Å². The fraction of sp³-hybridized carbons (Fsp3) is 0.333. The highest BCUT2D eigenvalue weighted by Crippen LogP contribution is 2.35. The fourth-order valence-corrected chi connectivity index (χ4v) is 4.33. The first kappa shape index (κ1) is 24.2. The first-order valence-corrected chi connectivity index (χ1v) is 11.7. The largest absolute Gasteiger partial charge is 0.495 e. The molecule has 0 unspecified atom stereocenters. The van der Waals surface area contributed by atoms with E-state index in [1.165, 1.54) is 0 Å². The summed E-state index contributed by atoms with van der Waals surface area (Å²) in [5.41, 5.74) is 2.29. The molecule has 3 aromatic rings. The first-order valence-electron chi connectivity index (χ1n) is 11.7. The van der Waals surface area contributed by atoms with E-state index in [1.54, 1.807) is 19.4 Å². The van der Waals surface area contributed by atoms with Crippen molar-refractivity contribution in [3.8, 4) is 23.2 Å². The maximum atomic E-state index is 12.9. The van der Waals surface area contributed by atoms with Crippen molar-refractivity contribution in [3.05, 3.63) is 60.4 Å². The first-order chi connectivity index (χ1) is 16.9. The lowest BCUT2D eigenvalue weighted by molar-refractivity contribution is 0.0891. The van der Waals surface area contributed by atoms with E-state index in [1.807, 2.05) is 30.3 Å². The zero-order valence-electron chi connectivity index (χ0n) is 20.3. The molecule has 180 valence electrons. The van der Waals surface area contributed by atoms with Gasteiger partial charge >= 0.3 is 0 Å². The van der Waals surface area contributed by atoms with Crippen molar-refractivity contribution < 1.29 is 9.53 Å². The summed E-state index contributed by atoms with van der Waals surface area (Å²) < 4.78 is 5.54. The average molecular weight is 471 g/mol. The number of likely N-dealkylation sites (tertiary alicyclic amines) is 1. The Hall–Kier alpha value is -3.96. The van der Waals surface area contributed by atoms with Gasteiger partial charge in [-0.3, -0.25) is 4.79 Å². The van der Waals surface area contributed by atoms with Crippen molar-refractivity contribution in [3.63, 3.8) is 0 Å². The van der Waals surface area contributed by atoms with Crippen molar-refractivity contribution in [1.29, 1.82) is 5.26 Å². The van der Waals surface area contributed by atoms with E-state index in [-0.39, 0.29) is 11.9 Å². The number of amides is 1. The number of anilines is 1. The zero-order valence-corrected chi connectivity index (χ0v) is 20.3. The van der Waals surface area contributed by atoms with Crippen LogP contribution >= 0.6 is 0 Å². The van der Waals surface area contributed by atoms with Crippen LogP contribution in [0.15, 0.2) is 54.7 Å². The second-order valence-corrected chi connectivity index (χ2v) is 8.94. The number of aromatic nitrogens is 2. The summed E-state index contributed by atoms with van der Waals surface area (Å²) in [5.74, 6) is 0.934. The Morgan fingerprint density at radius 3 is 2.86 bits per heavy atom. The number of nitrogens with zero attached hydrogens (tertiary/aromatic N) is 4. The van der Waals surface area contributed by atoms with E-state index in [4.69, 9.17) is 10.00 Å². The van der Waals surface area contributed by atoms with E-state index in [0.29, 0.717) is 35.4 Å². The quantitative estimate of drug-likeness (QED) is 0.503. The summed E-state index contributed by atoms with van der Waals surface area (Å²) in [7, 11) is 3.71. The maximum absolute atomic E-state index is 12.9. The minimum Gasteiger partial charge on any atom is -0.495 e. The molecule has 0 aliphatic carbocycles. The number of ether oxygens (including phenoxy) is 1. The Morgan fingerprint density at radius 1 is 1.31 bits per heavy atom. The number of carbonyl (C=O) groups excluding carboxylic acids is 1. The molecule has 2 atom stereocenters. The third kappa shape index (κ3) is 5.42. The summed E-state index contributed by atoms with van der Waals surface area (Å²) in [6.07, 6.45) is 3.45. The third-order valence-corrected chi connectivity index (χ3v) is 6.53. The number of methoxy groups -OCH3 is 1. The van der Waals surface area contributed by atoms with E-state index in [0.717, 1.165) is 41.4 Å². The van der Waals surface area contributed by atoms with Crippen LogP contribution in [0.5, 0.6) is 5.75 Å². The number of nitrogens with one attached hydrogen (secondary N) is 2. The molecule has 2 N–H and O–H groups in total. The Kier molecular flexibility index (Phi) is 7.28. The molecule has 1 fully saturated rings. The van der Waals surface area contributed by atoms with Gasteiger partial charge in [0.2, 0.25) is 0 Å². The lowest BCUT2D eigenvalue weighted by atomic mass is 9.99. The van der Waals surface area contributed by atoms with Gasteiger partial charge in [-0.1, -0.05) is 24.8 Å². The van der Waals surface area contributed by atoms with Gasteiger partial charge in [-0.2, -0.15) is 5.26 Å². The van der Waals surface area contributed by atoms with Gasteiger partial charge in [0.25, 0.3) is 5.91 Å². The Balaban J connectivity index is 1.62. The molecule has 2 heterocycles. The molecule has 1 aliphatic rings. The molecule has 4 rings (SSSR count). The predicted molar refractivity (Wildman–Crippen MR) is 137 cm³/mol.